The fourth-order valence-electron chi connectivity index (χ4n) is 2.43. The van der Waals surface area contributed by atoms with E-state index in [0.717, 1.165) is 29.3 Å². The van der Waals surface area contributed by atoms with Gasteiger partial charge in [0.2, 0.25) is 0 Å². The Morgan fingerprint density at radius 1 is 1.00 bits per heavy atom. The number of para-hydroxylation sites is 1. The molecule has 1 heterocycles. The van der Waals surface area contributed by atoms with Gasteiger partial charge in [-0.15, -0.1) is 0 Å². The van der Waals surface area contributed by atoms with Crippen LogP contribution in [0.5, 0.6) is 0 Å². The summed E-state index contributed by atoms with van der Waals surface area (Å²) in [4.78, 5) is 26.5. The van der Waals surface area contributed by atoms with E-state index in [1.54, 1.807) is 0 Å². The van der Waals surface area contributed by atoms with Gasteiger partial charge in [-0.3, -0.25) is 9.59 Å². The van der Waals surface area contributed by atoms with Crippen molar-refractivity contribution in [2.45, 2.75) is 25.7 Å². The van der Waals surface area contributed by atoms with Crippen LogP contribution in [0.1, 0.15) is 24.8 Å². The second kappa shape index (κ2) is 8.95. The molecule has 2 amide bonds. The van der Waals surface area contributed by atoms with Gasteiger partial charge in [-0.2, -0.15) is 0 Å². The van der Waals surface area contributed by atoms with E-state index in [2.05, 4.69) is 15.6 Å². The first-order valence-electron chi connectivity index (χ1n) is 7.94. The molecular formula is C17H23N3O3. The molecule has 0 aliphatic rings. The Kier molecular flexibility index (Phi) is 6.62. The van der Waals surface area contributed by atoms with Crippen molar-refractivity contribution in [3.05, 3.63) is 36.0 Å². The van der Waals surface area contributed by atoms with Crippen molar-refractivity contribution in [1.29, 1.82) is 0 Å². The number of aliphatic hydroxyl groups excluding tert-OH is 1. The molecule has 1 aromatic carbocycles. The topological polar surface area (TPSA) is 94.2 Å². The highest BCUT2D eigenvalue weighted by atomic mass is 16.3. The van der Waals surface area contributed by atoms with Crippen LogP contribution in [0.25, 0.3) is 10.9 Å². The van der Waals surface area contributed by atoms with Crippen LogP contribution in [-0.2, 0) is 16.0 Å². The number of amides is 2. The van der Waals surface area contributed by atoms with Crippen LogP contribution in [0.15, 0.2) is 30.5 Å². The number of rotatable bonds is 8. The van der Waals surface area contributed by atoms with E-state index in [-0.39, 0.29) is 6.61 Å². The molecule has 0 unspecified atom stereocenters. The molecule has 0 aliphatic heterocycles. The Balaban J connectivity index is 1.69. The molecule has 0 aliphatic carbocycles. The molecule has 0 fully saturated rings. The molecule has 23 heavy (non-hydrogen) atoms. The van der Waals surface area contributed by atoms with Crippen LogP contribution >= 0.6 is 0 Å². The molecule has 0 atom stereocenters. The number of unbranched alkanes of at least 4 members (excludes halogenated alkanes) is 2. The Labute approximate surface area is 135 Å². The van der Waals surface area contributed by atoms with E-state index in [9.17, 15) is 9.59 Å². The number of nitrogens with one attached hydrogen (secondary N) is 3. The number of fused-ring (bicyclic) bond motifs is 1. The lowest BCUT2D eigenvalue weighted by atomic mass is 10.1. The van der Waals surface area contributed by atoms with Crippen molar-refractivity contribution in [1.82, 2.24) is 15.6 Å². The summed E-state index contributed by atoms with van der Waals surface area (Å²) in [5.74, 6) is -1.21. The molecule has 1 aromatic heterocycles. The molecule has 0 saturated carbocycles. The zero-order valence-corrected chi connectivity index (χ0v) is 13.1. The lowest BCUT2D eigenvalue weighted by Gasteiger charge is -2.06. The van der Waals surface area contributed by atoms with Crippen molar-refractivity contribution in [2.24, 2.45) is 0 Å². The van der Waals surface area contributed by atoms with Gasteiger partial charge in [0.15, 0.2) is 0 Å². The summed E-state index contributed by atoms with van der Waals surface area (Å²) < 4.78 is 0. The molecule has 0 spiro atoms. The predicted octanol–water partition coefficient (Wildman–Crippen LogP) is 1.11. The summed E-state index contributed by atoms with van der Waals surface area (Å²) in [6, 6.07) is 7.97. The van der Waals surface area contributed by atoms with E-state index in [4.69, 9.17) is 5.11 Å². The van der Waals surface area contributed by atoms with E-state index in [0.29, 0.717) is 25.9 Å². The zero-order chi connectivity index (χ0) is 16.5. The Hall–Kier alpha value is -2.34. The highest BCUT2D eigenvalue weighted by molar-refractivity contribution is 6.35. The van der Waals surface area contributed by atoms with E-state index in [1.165, 1.54) is 0 Å². The number of carbonyl (C=O) groups excluding carboxylic acids is 2. The summed E-state index contributed by atoms with van der Waals surface area (Å²) in [6.45, 7) is 1.02. The lowest BCUT2D eigenvalue weighted by Crippen LogP contribution is -2.40. The fraction of sp³-hybridized carbons (Fsp3) is 0.412. The summed E-state index contributed by atoms with van der Waals surface area (Å²) in [7, 11) is 0. The third-order valence-electron chi connectivity index (χ3n) is 3.68. The summed E-state index contributed by atoms with van der Waals surface area (Å²) in [5.41, 5.74) is 2.18. The largest absolute Gasteiger partial charge is 0.396 e. The van der Waals surface area contributed by atoms with E-state index >= 15 is 0 Å². The van der Waals surface area contributed by atoms with Gasteiger partial charge in [0, 0.05) is 36.8 Å². The number of benzene rings is 1. The van der Waals surface area contributed by atoms with E-state index < -0.39 is 11.8 Å². The van der Waals surface area contributed by atoms with Crippen LogP contribution in [0.3, 0.4) is 0 Å². The molecule has 2 rings (SSSR count). The normalized spacial score (nSPS) is 10.7. The SMILES string of the molecule is O=C(NCCCCCO)C(=O)NCCc1c[nH]c2ccccc12. The van der Waals surface area contributed by atoms with Gasteiger partial charge in [0.25, 0.3) is 0 Å². The molecule has 4 N–H and O–H groups in total. The highest BCUT2D eigenvalue weighted by Gasteiger charge is 2.12. The van der Waals surface area contributed by atoms with Crippen molar-refractivity contribution in [2.75, 3.05) is 19.7 Å². The van der Waals surface area contributed by atoms with Crippen molar-refractivity contribution in [3.63, 3.8) is 0 Å². The molecule has 6 heteroatoms. The fourth-order valence-corrected chi connectivity index (χ4v) is 2.43. The average molecular weight is 317 g/mol. The van der Waals surface area contributed by atoms with Crippen molar-refractivity contribution in [3.8, 4) is 0 Å². The Bertz CT molecular complexity index is 651. The minimum Gasteiger partial charge on any atom is -0.396 e. The van der Waals surface area contributed by atoms with Gasteiger partial charge < -0.3 is 20.7 Å². The first-order valence-corrected chi connectivity index (χ1v) is 7.94. The van der Waals surface area contributed by atoms with Gasteiger partial charge in [-0.05, 0) is 37.3 Å². The van der Waals surface area contributed by atoms with Gasteiger partial charge in [0.1, 0.15) is 0 Å². The van der Waals surface area contributed by atoms with Crippen LogP contribution in [0, 0.1) is 0 Å². The van der Waals surface area contributed by atoms with Crippen LogP contribution in [0.4, 0.5) is 0 Å². The van der Waals surface area contributed by atoms with Crippen LogP contribution < -0.4 is 10.6 Å². The van der Waals surface area contributed by atoms with Gasteiger partial charge >= 0.3 is 11.8 Å². The molecule has 124 valence electrons. The van der Waals surface area contributed by atoms with Gasteiger partial charge in [-0.25, -0.2) is 0 Å². The molecule has 0 radical (unpaired) electrons. The summed E-state index contributed by atoms with van der Waals surface area (Å²) >= 11 is 0. The Morgan fingerprint density at radius 2 is 1.74 bits per heavy atom. The third-order valence-corrected chi connectivity index (χ3v) is 3.68. The molecule has 6 nitrogen and oxygen atoms in total. The minimum absolute atomic E-state index is 0.155. The second-order valence-corrected chi connectivity index (χ2v) is 5.41. The second-order valence-electron chi connectivity index (χ2n) is 5.41. The highest BCUT2D eigenvalue weighted by Crippen LogP contribution is 2.17. The minimum atomic E-state index is -0.605. The first kappa shape index (κ1) is 17.0. The number of aliphatic hydroxyl groups is 1. The molecule has 0 saturated heterocycles. The molecular weight excluding hydrogens is 294 g/mol. The number of carbonyl (C=O) groups is 2. The standard InChI is InChI=1S/C17H23N3O3/c21-11-5-1-4-9-18-16(22)17(23)19-10-8-13-12-20-15-7-3-2-6-14(13)15/h2-3,6-7,12,20-21H,1,4-5,8-11H2,(H,18,22)(H,19,23). The van der Waals surface area contributed by atoms with Crippen molar-refractivity contribution < 1.29 is 14.7 Å². The predicted molar refractivity (Wildman–Crippen MR) is 89.0 cm³/mol. The number of H-pyrrole nitrogens is 1. The van der Waals surface area contributed by atoms with Gasteiger partial charge in [-0.1, -0.05) is 18.2 Å². The molecule has 2 aromatic rings. The number of aromatic amines is 1. The van der Waals surface area contributed by atoms with Crippen LogP contribution in [0.2, 0.25) is 0 Å². The van der Waals surface area contributed by atoms with Crippen LogP contribution in [-0.4, -0.2) is 41.6 Å². The smallest absolute Gasteiger partial charge is 0.309 e. The lowest BCUT2D eigenvalue weighted by molar-refractivity contribution is -0.139. The monoisotopic (exact) mass is 317 g/mol. The summed E-state index contributed by atoms with van der Waals surface area (Å²) in [6.07, 6.45) is 4.90. The van der Waals surface area contributed by atoms with Gasteiger partial charge in [0.05, 0.1) is 0 Å². The maximum Gasteiger partial charge on any atom is 0.309 e. The van der Waals surface area contributed by atoms with Crippen molar-refractivity contribution >= 4 is 22.7 Å². The quantitative estimate of drug-likeness (QED) is 0.434. The maximum atomic E-state index is 11.7. The third kappa shape index (κ3) is 5.10. The first-order chi connectivity index (χ1) is 11.2. The maximum absolute atomic E-state index is 11.7. The Morgan fingerprint density at radius 3 is 2.52 bits per heavy atom. The average Bonchev–Trinajstić information content (AvgIpc) is 2.98. The summed E-state index contributed by atoms with van der Waals surface area (Å²) in [5, 5.41) is 15.0. The number of aromatic nitrogens is 1. The number of hydrogen-bond acceptors (Lipinski definition) is 3. The molecule has 0 bridgehead atoms. The van der Waals surface area contributed by atoms with E-state index in [1.807, 2.05) is 30.5 Å². The number of hydrogen-bond donors (Lipinski definition) is 4. The zero-order valence-electron chi connectivity index (χ0n) is 13.1.